The van der Waals surface area contributed by atoms with E-state index in [2.05, 4.69) is 13.8 Å². The van der Waals surface area contributed by atoms with Crippen LogP contribution < -0.4 is 0 Å². The molecule has 0 amide bonds. The Balaban J connectivity index is 2.54. The Labute approximate surface area is 55.2 Å². The van der Waals surface area contributed by atoms with Crippen molar-refractivity contribution in [3.05, 3.63) is 0 Å². The molecule has 0 aromatic carbocycles. The van der Waals surface area contributed by atoms with Crippen LogP contribution in [-0.4, -0.2) is 12.6 Å². The molecule has 1 unspecified atom stereocenters. The van der Waals surface area contributed by atoms with Crippen molar-refractivity contribution < 1.29 is 9.53 Å². The molecule has 2 heteroatoms. The summed E-state index contributed by atoms with van der Waals surface area (Å²) in [5.74, 6) is -0.0423. The summed E-state index contributed by atoms with van der Waals surface area (Å²) >= 11 is 0. The minimum absolute atomic E-state index is 0.0423. The Kier molecular flexibility index (Phi) is 1.47. The van der Waals surface area contributed by atoms with Crippen LogP contribution >= 0.6 is 0 Å². The van der Waals surface area contributed by atoms with Crippen LogP contribution in [0.15, 0.2) is 0 Å². The van der Waals surface area contributed by atoms with Gasteiger partial charge < -0.3 is 4.74 Å². The van der Waals surface area contributed by atoms with Gasteiger partial charge in [-0.05, 0) is 6.42 Å². The molecule has 1 aliphatic heterocycles. The van der Waals surface area contributed by atoms with Crippen LogP contribution in [0.5, 0.6) is 0 Å². The topological polar surface area (TPSA) is 26.3 Å². The lowest BCUT2D eigenvalue weighted by Gasteiger charge is -2.15. The van der Waals surface area contributed by atoms with E-state index in [9.17, 15) is 4.79 Å². The maximum atomic E-state index is 10.6. The largest absolute Gasteiger partial charge is 0.465 e. The average Bonchev–Trinajstić information content (AvgIpc) is 2.13. The first-order valence-electron chi connectivity index (χ1n) is 3.32. The number of rotatable bonds is 1. The smallest absolute Gasteiger partial charge is 0.306 e. The molecule has 0 saturated carbocycles. The van der Waals surface area contributed by atoms with Crippen molar-refractivity contribution in [2.45, 2.75) is 26.7 Å². The second-order valence-corrected chi connectivity index (χ2v) is 3.00. The van der Waals surface area contributed by atoms with Crippen molar-refractivity contribution >= 4 is 5.97 Å². The molecular formula is C7H12O2. The number of hydrogen-bond donors (Lipinski definition) is 0. The van der Waals surface area contributed by atoms with Crippen molar-refractivity contribution in [1.29, 1.82) is 0 Å². The van der Waals surface area contributed by atoms with Gasteiger partial charge in [-0.1, -0.05) is 13.8 Å². The Morgan fingerprint density at radius 2 is 2.44 bits per heavy atom. The Morgan fingerprint density at radius 3 is 2.67 bits per heavy atom. The normalized spacial score (nSPS) is 34.7. The number of ether oxygens (including phenoxy) is 1. The summed E-state index contributed by atoms with van der Waals surface area (Å²) in [6.07, 6.45) is 1.63. The number of carbonyl (C=O) groups excluding carboxylic acids is 1. The van der Waals surface area contributed by atoms with Gasteiger partial charge in [-0.15, -0.1) is 0 Å². The number of carbonyl (C=O) groups is 1. The monoisotopic (exact) mass is 128 g/mol. The number of hydrogen-bond acceptors (Lipinski definition) is 2. The van der Waals surface area contributed by atoms with E-state index in [0.717, 1.165) is 6.42 Å². The van der Waals surface area contributed by atoms with Crippen LogP contribution in [0.25, 0.3) is 0 Å². The van der Waals surface area contributed by atoms with Crippen LogP contribution in [-0.2, 0) is 9.53 Å². The van der Waals surface area contributed by atoms with Crippen LogP contribution in [0.4, 0.5) is 0 Å². The minimum Gasteiger partial charge on any atom is -0.465 e. The predicted molar refractivity (Wildman–Crippen MR) is 34.0 cm³/mol. The highest BCUT2D eigenvalue weighted by Crippen LogP contribution is 2.31. The standard InChI is InChI=1S/C7H12O2/c1-3-7(2)4-6(8)9-5-7/h3-5H2,1-2H3. The van der Waals surface area contributed by atoms with E-state index < -0.39 is 0 Å². The van der Waals surface area contributed by atoms with Gasteiger partial charge >= 0.3 is 5.97 Å². The first-order valence-corrected chi connectivity index (χ1v) is 3.32. The van der Waals surface area contributed by atoms with Crippen LogP contribution in [0.1, 0.15) is 26.7 Å². The molecule has 0 aromatic heterocycles. The van der Waals surface area contributed by atoms with Gasteiger partial charge in [0.05, 0.1) is 13.0 Å². The molecule has 1 saturated heterocycles. The molecule has 0 N–H and O–H groups in total. The third-order valence-corrected chi connectivity index (χ3v) is 2.01. The van der Waals surface area contributed by atoms with Crippen molar-refractivity contribution in [3.8, 4) is 0 Å². The Hall–Kier alpha value is -0.530. The molecule has 1 atom stereocenters. The zero-order valence-corrected chi connectivity index (χ0v) is 5.94. The van der Waals surface area contributed by atoms with Gasteiger partial charge in [0.1, 0.15) is 0 Å². The molecule has 52 valence electrons. The molecular weight excluding hydrogens is 116 g/mol. The van der Waals surface area contributed by atoms with E-state index in [4.69, 9.17) is 4.74 Å². The summed E-state index contributed by atoms with van der Waals surface area (Å²) in [6.45, 7) is 4.78. The van der Waals surface area contributed by atoms with Gasteiger partial charge in [0.15, 0.2) is 0 Å². The highest BCUT2D eigenvalue weighted by atomic mass is 16.5. The van der Waals surface area contributed by atoms with Crippen molar-refractivity contribution in [1.82, 2.24) is 0 Å². The summed E-state index contributed by atoms with van der Waals surface area (Å²) in [6, 6.07) is 0. The third-order valence-electron chi connectivity index (χ3n) is 2.01. The fraction of sp³-hybridized carbons (Fsp3) is 0.857. The number of cyclic esters (lactones) is 1. The lowest BCUT2D eigenvalue weighted by atomic mass is 9.87. The summed E-state index contributed by atoms with van der Waals surface area (Å²) in [7, 11) is 0. The van der Waals surface area contributed by atoms with Gasteiger partial charge in [0.2, 0.25) is 0 Å². The molecule has 9 heavy (non-hydrogen) atoms. The SMILES string of the molecule is CCC1(C)COC(=O)C1. The summed E-state index contributed by atoms with van der Waals surface area (Å²) in [5, 5.41) is 0. The molecule has 1 fully saturated rings. The fourth-order valence-electron chi connectivity index (χ4n) is 0.932. The molecule has 2 nitrogen and oxygen atoms in total. The summed E-state index contributed by atoms with van der Waals surface area (Å²) in [4.78, 5) is 10.6. The van der Waals surface area contributed by atoms with Crippen molar-refractivity contribution in [2.75, 3.05) is 6.61 Å². The molecule has 0 aromatic rings. The molecule has 0 aliphatic carbocycles. The summed E-state index contributed by atoms with van der Waals surface area (Å²) < 4.78 is 4.82. The molecule has 0 bridgehead atoms. The molecule has 1 aliphatic rings. The fourth-order valence-corrected chi connectivity index (χ4v) is 0.932. The Morgan fingerprint density at radius 1 is 1.78 bits per heavy atom. The quantitative estimate of drug-likeness (QED) is 0.498. The maximum absolute atomic E-state index is 10.6. The molecule has 0 spiro atoms. The zero-order valence-electron chi connectivity index (χ0n) is 5.94. The lowest BCUT2D eigenvalue weighted by Crippen LogP contribution is -2.13. The second-order valence-electron chi connectivity index (χ2n) is 3.00. The molecule has 1 heterocycles. The van der Waals surface area contributed by atoms with Gasteiger partial charge in [0, 0.05) is 5.41 Å². The highest BCUT2D eigenvalue weighted by Gasteiger charge is 2.33. The first kappa shape index (κ1) is 6.59. The van der Waals surface area contributed by atoms with E-state index in [1.54, 1.807) is 0 Å². The Bertz CT molecular complexity index is 131. The zero-order chi connectivity index (χ0) is 6.91. The second kappa shape index (κ2) is 2.01. The minimum atomic E-state index is -0.0423. The van der Waals surface area contributed by atoms with E-state index in [0.29, 0.717) is 13.0 Å². The van der Waals surface area contributed by atoms with Gasteiger partial charge in [0.25, 0.3) is 0 Å². The average molecular weight is 128 g/mol. The maximum Gasteiger partial charge on any atom is 0.306 e. The van der Waals surface area contributed by atoms with E-state index >= 15 is 0 Å². The van der Waals surface area contributed by atoms with Crippen LogP contribution in [0, 0.1) is 5.41 Å². The van der Waals surface area contributed by atoms with Gasteiger partial charge in [-0.2, -0.15) is 0 Å². The predicted octanol–water partition coefficient (Wildman–Crippen LogP) is 1.35. The molecule has 1 rings (SSSR count). The van der Waals surface area contributed by atoms with Crippen molar-refractivity contribution in [2.24, 2.45) is 5.41 Å². The van der Waals surface area contributed by atoms with Crippen LogP contribution in [0.3, 0.4) is 0 Å². The van der Waals surface area contributed by atoms with E-state index in [-0.39, 0.29) is 11.4 Å². The number of esters is 1. The lowest BCUT2D eigenvalue weighted by molar-refractivity contribution is -0.137. The van der Waals surface area contributed by atoms with Crippen LogP contribution in [0.2, 0.25) is 0 Å². The van der Waals surface area contributed by atoms with Gasteiger partial charge in [-0.3, -0.25) is 4.79 Å². The van der Waals surface area contributed by atoms with E-state index in [1.165, 1.54) is 0 Å². The van der Waals surface area contributed by atoms with Crippen molar-refractivity contribution in [3.63, 3.8) is 0 Å². The summed E-state index contributed by atoms with van der Waals surface area (Å²) in [5.41, 5.74) is 0.136. The first-order chi connectivity index (χ1) is 4.16. The molecule has 0 radical (unpaired) electrons. The van der Waals surface area contributed by atoms with Gasteiger partial charge in [-0.25, -0.2) is 0 Å². The highest BCUT2D eigenvalue weighted by molar-refractivity contribution is 5.72. The third kappa shape index (κ3) is 1.23. The van der Waals surface area contributed by atoms with E-state index in [1.807, 2.05) is 0 Å².